The first-order valence-corrected chi connectivity index (χ1v) is 7.42. The number of rotatable bonds is 6. The normalized spacial score (nSPS) is 11.3. The Morgan fingerprint density at radius 2 is 1.91 bits per heavy atom. The molecule has 0 fully saturated rings. The summed E-state index contributed by atoms with van der Waals surface area (Å²) in [5.74, 6) is 0.920. The van der Waals surface area contributed by atoms with Crippen molar-refractivity contribution in [3.8, 4) is 0 Å². The molecule has 2 N–H and O–H groups in total. The second-order valence-corrected chi connectivity index (χ2v) is 5.20. The van der Waals surface area contributed by atoms with Gasteiger partial charge in [-0.25, -0.2) is 4.98 Å². The minimum absolute atomic E-state index is 0.331. The Bertz CT molecular complexity index is 656. The van der Waals surface area contributed by atoms with Gasteiger partial charge in [-0.15, -0.1) is 0 Å². The zero-order valence-electron chi connectivity index (χ0n) is 13.0. The summed E-state index contributed by atoms with van der Waals surface area (Å²) in [6, 6.07) is 6.71. The van der Waals surface area contributed by atoms with E-state index in [0.717, 1.165) is 37.2 Å². The summed E-state index contributed by atoms with van der Waals surface area (Å²) in [6.45, 7) is 4.65. The van der Waals surface area contributed by atoms with Crippen molar-refractivity contribution in [1.82, 2.24) is 9.97 Å². The molecular weight excluding hydrogens is 305 g/mol. The molecule has 0 radical (unpaired) electrons. The molecule has 0 bridgehead atoms. The van der Waals surface area contributed by atoms with Crippen LogP contribution in [0.5, 0.6) is 0 Å². The van der Waals surface area contributed by atoms with Crippen molar-refractivity contribution >= 4 is 17.5 Å². The summed E-state index contributed by atoms with van der Waals surface area (Å²) in [5.41, 5.74) is 0.362. The monoisotopic (exact) mass is 324 g/mol. The number of unbranched alkanes of at least 4 members (excludes halogenated alkanes) is 1. The summed E-state index contributed by atoms with van der Waals surface area (Å²) in [4.78, 5) is 8.54. The maximum absolute atomic E-state index is 12.7. The third-order valence-electron chi connectivity index (χ3n) is 3.13. The number of anilines is 3. The molecule has 1 heterocycles. The quantitative estimate of drug-likeness (QED) is 0.752. The maximum atomic E-state index is 12.7. The largest absolute Gasteiger partial charge is 0.416 e. The second kappa shape index (κ2) is 7.30. The van der Waals surface area contributed by atoms with E-state index in [2.05, 4.69) is 27.5 Å². The van der Waals surface area contributed by atoms with Crippen molar-refractivity contribution in [1.29, 1.82) is 0 Å². The molecule has 1 aromatic heterocycles. The summed E-state index contributed by atoms with van der Waals surface area (Å²) in [6.07, 6.45) is -2.33. The lowest BCUT2D eigenvalue weighted by Crippen LogP contribution is -2.08. The van der Waals surface area contributed by atoms with Gasteiger partial charge >= 0.3 is 6.18 Å². The van der Waals surface area contributed by atoms with Crippen LogP contribution in [0.3, 0.4) is 0 Å². The summed E-state index contributed by atoms with van der Waals surface area (Å²) < 4.78 is 38.2. The van der Waals surface area contributed by atoms with E-state index in [-0.39, 0.29) is 0 Å². The molecule has 7 heteroatoms. The topological polar surface area (TPSA) is 49.8 Å². The highest BCUT2D eigenvalue weighted by Crippen LogP contribution is 2.31. The van der Waals surface area contributed by atoms with Crippen LogP contribution >= 0.6 is 0 Å². The molecule has 0 atom stereocenters. The van der Waals surface area contributed by atoms with Crippen LogP contribution in [0.25, 0.3) is 0 Å². The predicted molar refractivity (Wildman–Crippen MR) is 84.9 cm³/mol. The summed E-state index contributed by atoms with van der Waals surface area (Å²) >= 11 is 0. The first-order valence-electron chi connectivity index (χ1n) is 7.42. The smallest absolute Gasteiger partial charge is 0.354 e. The van der Waals surface area contributed by atoms with Crippen LogP contribution in [-0.4, -0.2) is 16.5 Å². The Balaban J connectivity index is 2.16. The standard InChI is InChI=1S/C16H19F3N4/c1-3-4-8-20-15-21-11(2)9-14(23-15)22-13-7-5-6-12(10-13)16(17,18)19/h5-7,9-10H,3-4,8H2,1-2H3,(H2,20,21,22,23). The predicted octanol–water partition coefficient (Wildman–Crippen LogP) is 4.76. The van der Waals surface area contributed by atoms with Crippen LogP contribution < -0.4 is 10.6 Å². The van der Waals surface area contributed by atoms with E-state index >= 15 is 0 Å². The summed E-state index contributed by atoms with van der Waals surface area (Å²) in [7, 11) is 0. The van der Waals surface area contributed by atoms with Crippen molar-refractivity contribution in [2.24, 2.45) is 0 Å². The Kier molecular flexibility index (Phi) is 5.41. The Morgan fingerprint density at radius 1 is 1.13 bits per heavy atom. The number of hydrogen-bond acceptors (Lipinski definition) is 4. The zero-order chi connectivity index (χ0) is 16.9. The number of nitrogens with one attached hydrogen (secondary N) is 2. The summed E-state index contributed by atoms with van der Waals surface area (Å²) in [5, 5.41) is 6.00. The molecule has 4 nitrogen and oxygen atoms in total. The minimum atomic E-state index is -4.37. The van der Waals surface area contributed by atoms with Crippen LogP contribution in [0.1, 0.15) is 31.0 Å². The third kappa shape index (κ3) is 5.12. The minimum Gasteiger partial charge on any atom is -0.354 e. The fourth-order valence-corrected chi connectivity index (χ4v) is 2.01. The lowest BCUT2D eigenvalue weighted by atomic mass is 10.2. The van der Waals surface area contributed by atoms with Gasteiger partial charge in [0.15, 0.2) is 0 Å². The van der Waals surface area contributed by atoms with Gasteiger partial charge in [-0.05, 0) is 31.5 Å². The van der Waals surface area contributed by atoms with Crippen molar-refractivity contribution in [3.05, 3.63) is 41.6 Å². The lowest BCUT2D eigenvalue weighted by Gasteiger charge is -2.12. The van der Waals surface area contributed by atoms with Crippen LogP contribution in [0, 0.1) is 6.92 Å². The second-order valence-electron chi connectivity index (χ2n) is 5.20. The van der Waals surface area contributed by atoms with Gasteiger partial charge in [0, 0.05) is 24.0 Å². The molecule has 0 saturated heterocycles. The molecule has 2 aromatic rings. The van der Waals surface area contributed by atoms with Crippen LogP contribution in [0.2, 0.25) is 0 Å². The van der Waals surface area contributed by atoms with Crippen LogP contribution in [-0.2, 0) is 6.18 Å². The van der Waals surface area contributed by atoms with Gasteiger partial charge in [0.05, 0.1) is 5.56 Å². The fraction of sp³-hybridized carbons (Fsp3) is 0.375. The maximum Gasteiger partial charge on any atom is 0.416 e. The molecule has 0 amide bonds. The lowest BCUT2D eigenvalue weighted by molar-refractivity contribution is -0.137. The number of aromatic nitrogens is 2. The van der Waals surface area contributed by atoms with Crippen LogP contribution in [0.15, 0.2) is 30.3 Å². The molecule has 0 aliphatic heterocycles. The number of aryl methyl sites for hydroxylation is 1. The van der Waals surface area contributed by atoms with E-state index in [4.69, 9.17) is 0 Å². The van der Waals surface area contributed by atoms with Gasteiger partial charge in [0.2, 0.25) is 5.95 Å². The van der Waals surface area contributed by atoms with Gasteiger partial charge < -0.3 is 10.6 Å². The van der Waals surface area contributed by atoms with E-state index < -0.39 is 11.7 Å². The third-order valence-corrected chi connectivity index (χ3v) is 3.13. The number of halogens is 3. The van der Waals surface area contributed by atoms with Crippen molar-refractivity contribution in [2.45, 2.75) is 32.9 Å². The highest BCUT2D eigenvalue weighted by atomic mass is 19.4. The fourth-order valence-electron chi connectivity index (χ4n) is 2.01. The Morgan fingerprint density at radius 3 is 2.61 bits per heavy atom. The number of hydrogen-bond donors (Lipinski definition) is 2. The van der Waals surface area contributed by atoms with Crippen LogP contribution in [0.4, 0.5) is 30.6 Å². The van der Waals surface area contributed by atoms with Crippen molar-refractivity contribution in [3.63, 3.8) is 0 Å². The SMILES string of the molecule is CCCCNc1nc(C)cc(Nc2cccc(C(F)(F)F)c2)n1. The van der Waals surface area contributed by atoms with Gasteiger partial charge in [0.1, 0.15) is 5.82 Å². The first-order chi connectivity index (χ1) is 10.9. The average Bonchev–Trinajstić information content (AvgIpc) is 2.46. The molecule has 0 unspecified atom stereocenters. The van der Waals surface area contributed by atoms with Gasteiger partial charge in [0.25, 0.3) is 0 Å². The number of nitrogens with zero attached hydrogens (tertiary/aromatic N) is 2. The molecular formula is C16H19F3N4. The molecule has 0 aliphatic rings. The molecule has 124 valence electrons. The number of benzene rings is 1. The first kappa shape index (κ1) is 17.1. The zero-order valence-corrected chi connectivity index (χ0v) is 13.0. The van der Waals surface area contributed by atoms with Crippen molar-refractivity contribution in [2.75, 3.05) is 17.2 Å². The molecule has 0 aliphatic carbocycles. The highest BCUT2D eigenvalue weighted by Gasteiger charge is 2.30. The molecule has 1 aromatic carbocycles. The Labute approximate surface area is 133 Å². The molecule has 0 spiro atoms. The molecule has 0 saturated carbocycles. The van der Waals surface area contributed by atoms with E-state index in [1.807, 2.05) is 6.92 Å². The molecule has 23 heavy (non-hydrogen) atoms. The van der Waals surface area contributed by atoms with E-state index in [1.165, 1.54) is 6.07 Å². The Hall–Kier alpha value is -2.31. The van der Waals surface area contributed by atoms with Crippen molar-refractivity contribution < 1.29 is 13.2 Å². The van der Waals surface area contributed by atoms with E-state index in [9.17, 15) is 13.2 Å². The van der Waals surface area contributed by atoms with Gasteiger partial charge in [-0.3, -0.25) is 0 Å². The highest BCUT2D eigenvalue weighted by molar-refractivity contribution is 5.58. The average molecular weight is 324 g/mol. The number of alkyl halides is 3. The van der Waals surface area contributed by atoms with Gasteiger partial charge in [-0.2, -0.15) is 18.2 Å². The van der Waals surface area contributed by atoms with Gasteiger partial charge in [-0.1, -0.05) is 19.4 Å². The van der Waals surface area contributed by atoms with E-state index in [0.29, 0.717) is 17.5 Å². The molecule has 2 rings (SSSR count). The van der Waals surface area contributed by atoms with E-state index in [1.54, 1.807) is 12.1 Å².